The average Bonchev–Trinajstić information content (AvgIpc) is 2.41. The Morgan fingerprint density at radius 1 is 0.889 bits per heavy atom. The Balaban J connectivity index is 2.20. The molecule has 0 spiro atoms. The normalized spacial score (nSPS) is 11.0. The number of aryl methyl sites for hydroxylation is 1. The van der Waals surface area contributed by atoms with Crippen LogP contribution >= 0.6 is 0 Å². The van der Waals surface area contributed by atoms with Crippen LogP contribution < -0.4 is 0 Å². The molecular formula is C17H17F. The molecule has 1 heteroatoms. The zero-order valence-electron chi connectivity index (χ0n) is 10.6. The van der Waals surface area contributed by atoms with Crippen LogP contribution in [-0.4, -0.2) is 0 Å². The SMILES string of the molecule is CCCc1ccc(-c2ccc(/C=C/F)cc2)cc1. The zero-order chi connectivity index (χ0) is 12.8. The van der Waals surface area contributed by atoms with Crippen molar-refractivity contribution in [2.75, 3.05) is 0 Å². The third-order valence-electron chi connectivity index (χ3n) is 2.99. The van der Waals surface area contributed by atoms with Gasteiger partial charge in [0.25, 0.3) is 0 Å². The largest absolute Gasteiger partial charge is 0.216 e. The van der Waals surface area contributed by atoms with E-state index in [1.54, 1.807) is 0 Å². The summed E-state index contributed by atoms with van der Waals surface area (Å²) >= 11 is 0. The molecule has 0 saturated carbocycles. The summed E-state index contributed by atoms with van der Waals surface area (Å²) in [6.45, 7) is 2.19. The van der Waals surface area contributed by atoms with E-state index in [1.807, 2.05) is 24.3 Å². The molecule has 0 atom stereocenters. The van der Waals surface area contributed by atoms with Gasteiger partial charge in [-0.1, -0.05) is 61.9 Å². The monoisotopic (exact) mass is 240 g/mol. The van der Waals surface area contributed by atoms with Crippen LogP contribution in [0.4, 0.5) is 4.39 Å². The molecule has 0 fully saturated rings. The van der Waals surface area contributed by atoms with Crippen molar-refractivity contribution in [1.82, 2.24) is 0 Å². The lowest BCUT2D eigenvalue weighted by Crippen LogP contribution is -1.83. The molecule has 0 aliphatic heterocycles. The summed E-state index contributed by atoms with van der Waals surface area (Å²) in [5.74, 6) is 0. The van der Waals surface area contributed by atoms with Gasteiger partial charge in [-0.3, -0.25) is 0 Å². The van der Waals surface area contributed by atoms with Gasteiger partial charge in [0, 0.05) is 0 Å². The van der Waals surface area contributed by atoms with Crippen LogP contribution in [0.3, 0.4) is 0 Å². The lowest BCUT2D eigenvalue weighted by atomic mass is 10.0. The molecule has 0 radical (unpaired) electrons. The zero-order valence-corrected chi connectivity index (χ0v) is 10.6. The number of hydrogen-bond donors (Lipinski definition) is 0. The van der Waals surface area contributed by atoms with Gasteiger partial charge < -0.3 is 0 Å². The number of hydrogen-bond acceptors (Lipinski definition) is 0. The van der Waals surface area contributed by atoms with Gasteiger partial charge in [-0.25, -0.2) is 4.39 Å². The lowest BCUT2D eigenvalue weighted by Gasteiger charge is -2.04. The van der Waals surface area contributed by atoms with E-state index in [-0.39, 0.29) is 0 Å². The maximum absolute atomic E-state index is 12.0. The first-order valence-corrected chi connectivity index (χ1v) is 6.29. The average molecular weight is 240 g/mol. The van der Waals surface area contributed by atoms with Crippen molar-refractivity contribution in [2.24, 2.45) is 0 Å². The van der Waals surface area contributed by atoms with Gasteiger partial charge in [-0.05, 0) is 34.8 Å². The third-order valence-corrected chi connectivity index (χ3v) is 2.99. The molecule has 0 aliphatic rings. The molecule has 0 aliphatic carbocycles. The summed E-state index contributed by atoms with van der Waals surface area (Å²) in [5, 5.41) is 0. The number of benzene rings is 2. The minimum atomic E-state index is 0.564. The molecule has 2 aromatic carbocycles. The highest BCUT2D eigenvalue weighted by Crippen LogP contribution is 2.21. The Hall–Kier alpha value is -1.89. The van der Waals surface area contributed by atoms with E-state index >= 15 is 0 Å². The fourth-order valence-corrected chi connectivity index (χ4v) is 2.01. The summed E-state index contributed by atoms with van der Waals surface area (Å²) < 4.78 is 12.0. The minimum absolute atomic E-state index is 0.564. The van der Waals surface area contributed by atoms with E-state index in [9.17, 15) is 4.39 Å². The maximum atomic E-state index is 12.0. The summed E-state index contributed by atoms with van der Waals surface area (Å²) in [6.07, 6.45) is 4.31. The van der Waals surface area contributed by atoms with Crippen LogP contribution in [0.15, 0.2) is 54.9 Å². The molecule has 0 bridgehead atoms. The van der Waals surface area contributed by atoms with Gasteiger partial charge in [-0.2, -0.15) is 0 Å². The fourth-order valence-electron chi connectivity index (χ4n) is 2.01. The standard InChI is InChI=1S/C17H17F/c1-2-3-14-4-8-16(9-5-14)17-10-6-15(7-11-17)12-13-18/h4-13H,2-3H2,1H3/b13-12+. The Bertz CT molecular complexity index is 506. The fraction of sp³-hybridized carbons (Fsp3) is 0.176. The Morgan fingerprint density at radius 2 is 1.44 bits per heavy atom. The van der Waals surface area contributed by atoms with Gasteiger partial charge in [-0.15, -0.1) is 0 Å². The lowest BCUT2D eigenvalue weighted by molar-refractivity contribution is 0.727. The van der Waals surface area contributed by atoms with Gasteiger partial charge in [0.15, 0.2) is 0 Å². The quantitative estimate of drug-likeness (QED) is 0.685. The summed E-state index contributed by atoms with van der Waals surface area (Å²) in [6, 6.07) is 16.5. The number of halogens is 1. The smallest absolute Gasteiger partial charge is 0.0872 e. The molecule has 2 aromatic rings. The van der Waals surface area contributed by atoms with Gasteiger partial charge in [0.2, 0.25) is 0 Å². The van der Waals surface area contributed by atoms with Crippen LogP contribution in [0.2, 0.25) is 0 Å². The van der Waals surface area contributed by atoms with Crippen molar-refractivity contribution in [3.05, 3.63) is 66.0 Å². The summed E-state index contributed by atoms with van der Waals surface area (Å²) in [5.41, 5.74) is 4.61. The predicted octanol–water partition coefficient (Wildman–Crippen LogP) is 5.25. The van der Waals surface area contributed by atoms with E-state index < -0.39 is 0 Å². The van der Waals surface area contributed by atoms with Gasteiger partial charge in [0.05, 0.1) is 6.33 Å². The molecule has 18 heavy (non-hydrogen) atoms. The molecule has 0 amide bonds. The Labute approximate surface area is 108 Å². The van der Waals surface area contributed by atoms with Crippen LogP contribution in [0.5, 0.6) is 0 Å². The minimum Gasteiger partial charge on any atom is -0.216 e. The van der Waals surface area contributed by atoms with Crippen molar-refractivity contribution in [2.45, 2.75) is 19.8 Å². The van der Waals surface area contributed by atoms with E-state index in [0.29, 0.717) is 6.33 Å². The van der Waals surface area contributed by atoms with Crippen molar-refractivity contribution in [1.29, 1.82) is 0 Å². The molecule has 0 nitrogen and oxygen atoms in total. The molecule has 0 N–H and O–H groups in total. The first-order chi connectivity index (χ1) is 8.83. The molecule has 0 saturated heterocycles. The predicted molar refractivity (Wildman–Crippen MR) is 76.0 cm³/mol. The van der Waals surface area contributed by atoms with E-state index in [4.69, 9.17) is 0 Å². The highest BCUT2D eigenvalue weighted by Gasteiger charge is 1.98. The maximum Gasteiger partial charge on any atom is 0.0872 e. The Kier molecular flexibility index (Phi) is 4.30. The molecule has 0 aromatic heterocycles. The third kappa shape index (κ3) is 3.07. The van der Waals surface area contributed by atoms with Crippen LogP contribution in [0.1, 0.15) is 24.5 Å². The number of rotatable bonds is 4. The van der Waals surface area contributed by atoms with Crippen LogP contribution in [0.25, 0.3) is 17.2 Å². The molecule has 0 unspecified atom stereocenters. The van der Waals surface area contributed by atoms with Crippen molar-refractivity contribution in [3.63, 3.8) is 0 Å². The first-order valence-electron chi connectivity index (χ1n) is 6.29. The van der Waals surface area contributed by atoms with Crippen molar-refractivity contribution in [3.8, 4) is 11.1 Å². The van der Waals surface area contributed by atoms with E-state index in [2.05, 4.69) is 31.2 Å². The van der Waals surface area contributed by atoms with E-state index in [0.717, 1.165) is 17.5 Å². The molecular weight excluding hydrogens is 223 g/mol. The second-order valence-electron chi connectivity index (χ2n) is 4.36. The van der Waals surface area contributed by atoms with Gasteiger partial charge >= 0.3 is 0 Å². The van der Waals surface area contributed by atoms with Gasteiger partial charge in [0.1, 0.15) is 0 Å². The van der Waals surface area contributed by atoms with E-state index in [1.165, 1.54) is 23.6 Å². The van der Waals surface area contributed by atoms with Crippen LogP contribution in [0, 0.1) is 0 Å². The molecule has 92 valence electrons. The summed E-state index contributed by atoms with van der Waals surface area (Å²) in [7, 11) is 0. The summed E-state index contributed by atoms with van der Waals surface area (Å²) in [4.78, 5) is 0. The first kappa shape index (κ1) is 12.6. The van der Waals surface area contributed by atoms with Crippen molar-refractivity contribution >= 4 is 6.08 Å². The Morgan fingerprint density at radius 3 is 1.94 bits per heavy atom. The highest BCUT2D eigenvalue weighted by molar-refractivity contribution is 5.65. The topological polar surface area (TPSA) is 0 Å². The molecule has 2 rings (SSSR count). The second-order valence-corrected chi connectivity index (χ2v) is 4.36. The van der Waals surface area contributed by atoms with Crippen LogP contribution in [-0.2, 0) is 6.42 Å². The second kappa shape index (κ2) is 6.15. The molecule has 0 heterocycles. The highest BCUT2D eigenvalue weighted by atomic mass is 19.1. The van der Waals surface area contributed by atoms with Crippen molar-refractivity contribution < 1.29 is 4.39 Å².